The Morgan fingerprint density at radius 2 is 0.634 bits per heavy atom. The minimum Gasteiger partial charge on any atom is -0.547 e. The van der Waals surface area contributed by atoms with Crippen molar-refractivity contribution in [3.63, 3.8) is 0 Å². The maximum absolute atomic E-state index is 11.9. The Labute approximate surface area is 590 Å². The molecule has 39 nitrogen and oxygen atoms in total. The van der Waals surface area contributed by atoms with E-state index in [1.807, 2.05) is 0 Å². The van der Waals surface area contributed by atoms with E-state index in [0.717, 1.165) is 0 Å². The Hall–Kier alpha value is -3.98. The van der Waals surface area contributed by atoms with Crippen molar-refractivity contribution in [3.8, 4) is 0 Å². The second kappa shape index (κ2) is 44.9. The number of carboxylic acids is 4. The molecule has 6 aliphatic heterocycles. The fourth-order valence-corrected chi connectivity index (χ4v) is 12.5. The predicted molar refractivity (Wildman–Crippen MR) is 329 cm³/mol. The summed E-state index contributed by atoms with van der Waals surface area (Å²) in [7, 11) is 4.28. The average Bonchev–Trinajstić information content (AvgIpc) is 0.803. The molecule has 15 N–H and O–H groups in total. The highest BCUT2D eigenvalue weighted by Gasteiger charge is 2.53. The summed E-state index contributed by atoms with van der Waals surface area (Å²) in [6, 6.07) is 0. The molecule has 6 rings (SSSR count). The molecule has 0 bridgehead atoms. The number of rotatable bonds is 32. The zero-order valence-electron chi connectivity index (χ0n) is 56.0. The summed E-state index contributed by atoms with van der Waals surface area (Å²) in [6.45, 7) is 1.95. The number of hydrogen-bond acceptors (Lipinski definition) is 40. The van der Waals surface area contributed by atoms with Gasteiger partial charge in [-0.1, -0.05) is 0 Å². The van der Waals surface area contributed by atoms with Gasteiger partial charge in [0.2, 0.25) is 0 Å². The quantitative estimate of drug-likeness (QED) is 0.0220. The summed E-state index contributed by atoms with van der Waals surface area (Å²) in [5.41, 5.74) is 0. The van der Waals surface area contributed by atoms with Gasteiger partial charge in [-0.25, -0.2) is 0 Å². The highest BCUT2D eigenvalue weighted by Crippen LogP contribution is 2.39. The van der Waals surface area contributed by atoms with Crippen molar-refractivity contribution in [3.05, 3.63) is 0 Å². The van der Waals surface area contributed by atoms with Gasteiger partial charge in [0, 0.05) is 87.6 Å². The van der Waals surface area contributed by atoms with E-state index in [9.17, 15) is 125 Å². The molecule has 0 aromatic carbocycles. The molecular formula is C60H97O39S2-3. The average molecular weight is 1510 g/mol. The second-order valence-corrected chi connectivity index (χ2v) is 25.6. The molecule has 0 aromatic heterocycles. The number of esters is 1. The molecular weight excluding hydrogens is 1410 g/mol. The normalized spacial score (nSPS) is 38.5. The number of Topliss-reactive ketones (excluding diaryl/α,β-unsaturated/α-hetero) is 3. The number of aliphatic carboxylic acids is 4. The molecule has 586 valence electrons. The fraction of sp³-hybridized carbons (Fsp3) is 0.867. The van der Waals surface area contributed by atoms with Crippen LogP contribution in [0.25, 0.3) is 0 Å². The Morgan fingerprint density at radius 1 is 0.356 bits per heavy atom. The maximum Gasteiger partial charge on any atom is 0.306 e. The first kappa shape index (κ1) is 91.2. The summed E-state index contributed by atoms with van der Waals surface area (Å²) in [5.74, 6) is -10.8. The molecule has 6 saturated heterocycles. The lowest BCUT2D eigenvalue weighted by molar-refractivity contribution is -0.352. The van der Waals surface area contributed by atoms with Gasteiger partial charge in [-0.3, -0.25) is 9.59 Å². The summed E-state index contributed by atoms with van der Waals surface area (Å²) >= 11 is 7.64. The summed E-state index contributed by atoms with van der Waals surface area (Å²) in [5, 5.41) is 182. The van der Waals surface area contributed by atoms with E-state index in [1.54, 1.807) is 0 Å². The van der Waals surface area contributed by atoms with Crippen molar-refractivity contribution >= 4 is 72.5 Å². The Kier molecular flexibility index (Phi) is 40.5. The summed E-state index contributed by atoms with van der Waals surface area (Å²) in [4.78, 5) is 90.2. The van der Waals surface area contributed by atoms with E-state index in [2.05, 4.69) is 25.3 Å². The van der Waals surface area contributed by atoms with Crippen molar-refractivity contribution in [1.29, 1.82) is 0 Å². The van der Waals surface area contributed by atoms with Gasteiger partial charge in [0.1, 0.15) is 116 Å². The number of ketones is 3. The monoisotopic (exact) mass is 1510 g/mol. The topological polar surface area (TPSA) is 629 Å². The standard InChI is InChI=1S/C21H34O13S.2C18H30O12.C3H6O2S/c1-9(22)5-10-11(6-32-21-18(27)16(25)17(26)19(34-21)20(28)29)15(24)13(33-12(10)7-30-2)8-31-14(23)3-4-35;2*1-7(20)3-8-9(12(21)10(4-19)29-11(8)6-27-2)5-28-18-15(24)13(22)14(23)16(30-18)17(25)26;4-3(5)1-2-6/h10-13,15-19,21,24-27,35H,3-8H2,1-2H3,(H,28,29);2*8-16,18-19,21-24H,3-6H2,1-2H3,(H,25,26);6H,1-2H2,(H,4,5)/p-3/t10?,11-,12-,13?,15-,16+,17-,18?,19?,21+;2*8?,9-,10?,11-,12-,13+,14-,15?,16?,18+;/m000./s1. The van der Waals surface area contributed by atoms with Crippen molar-refractivity contribution in [2.75, 3.05) is 92.3 Å². The predicted octanol–water partition coefficient (Wildman–Crippen LogP) is -12.1. The third kappa shape index (κ3) is 26.5. The largest absolute Gasteiger partial charge is 0.547 e. The van der Waals surface area contributed by atoms with Crippen LogP contribution in [0.2, 0.25) is 0 Å². The fourth-order valence-electron chi connectivity index (χ4n) is 12.2. The number of carboxylic acid groups (broad SMARTS) is 4. The van der Waals surface area contributed by atoms with Crippen LogP contribution in [0.1, 0.15) is 52.9 Å². The minimum absolute atomic E-state index is 0.00828. The summed E-state index contributed by atoms with van der Waals surface area (Å²) < 4.78 is 69.3. The van der Waals surface area contributed by atoms with Crippen LogP contribution < -0.4 is 15.3 Å². The molecule has 0 aromatic rings. The van der Waals surface area contributed by atoms with Gasteiger partial charge in [0.05, 0.1) is 120 Å². The second-order valence-electron chi connectivity index (χ2n) is 24.7. The molecule has 6 aliphatic rings. The highest BCUT2D eigenvalue weighted by atomic mass is 32.1. The molecule has 41 heteroatoms. The SMILES string of the molecule is COC[C@@H]1OC(CO)[C@@H](O)[C@@H](CO[C@@H]2OC(C(=O)[O-])[C@@H](O)[C@@H](O)C2O)C1CC(C)=O.COC[C@@H]1OC(CO)[C@@H](O)[C@@H](CO[C@@H]2OC(C(=O)[O-])[C@@H](O)[C@@H](O)C2O)C1CC(C)=O.COC[C@@H]1OC(COC(=O)CCS)[C@@H](O)[C@@H](CO[C@@H]2OC(C(=O)[O-])[C@@H](O)[C@@H](O)C2O)C1CC(C)=O.O=C(O)CCS. The molecule has 101 heavy (non-hydrogen) atoms. The first-order chi connectivity index (χ1) is 47.5. The van der Waals surface area contributed by atoms with E-state index >= 15 is 0 Å². The Bertz CT molecular complexity index is 2440. The van der Waals surface area contributed by atoms with Crippen LogP contribution in [-0.4, -0.2) is 363 Å². The van der Waals surface area contributed by atoms with Crippen LogP contribution >= 0.6 is 25.3 Å². The lowest BCUT2D eigenvalue weighted by atomic mass is 9.77. The number of thiol groups is 2. The molecule has 0 aliphatic carbocycles. The lowest BCUT2D eigenvalue weighted by Crippen LogP contribution is -2.63. The molecule has 0 spiro atoms. The Morgan fingerprint density at radius 3 is 0.861 bits per heavy atom. The molecule has 12 unspecified atom stereocenters. The molecule has 0 saturated carbocycles. The van der Waals surface area contributed by atoms with Crippen LogP contribution in [-0.2, 0) is 99.9 Å². The zero-order valence-corrected chi connectivity index (χ0v) is 57.8. The number of ether oxygens (including phenoxy) is 13. The molecule has 0 amide bonds. The Balaban J connectivity index is 0.000000379. The first-order valence-corrected chi connectivity index (χ1v) is 33.1. The summed E-state index contributed by atoms with van der Waals surface area (Å²) in [6.07, 6.45) is -36.2. The molecule has 0 radical (unpaired) electrons. The molecule has 6 fully saturated rings. The third-order valence-electron chi connectivity index (χ3n) is 17.3. The van der Waals surface area contributed by atoms with Crippen LogP contribution in [0.5, 0.6) is 0 Å². The number of hydrogen-bond donors (Lipinski definition) is 17. The van der Waals surface area contributed by atoms with Crippen LogP contribution in [0, 0.1) is 35.5 Å². The van der Waals surface area contributed by atoms with Gasteiger partial charge in [-0.2, -0.15) is 25.3 Å². The van der Waals surface area contributed by atoms with E-state index in [-0.39, 0.29) is 101 Å². The molecule has 30 atom stereocenters. The minimum atomic E-state index is -1.97. The van der Waals surface area contributed by atoms with E-state index in [0.29, 0.717) is 5.75 Å². The lowest BCUT2D eigenvalue weighted by Gasteiger charge is -2.46. The number of carbonyl (C=O) groups excluding carboxylic acids is 7. The molecule has 6 heterocycles. The van der Waals surface area contributed by atoms with Gasteiger partial charge in [-0.15, -0.1) is 0 Å². The maximum atomic E-state index is 11.9. The number of aliphatic hydroxyl groups is 14. The van der Waals surface area contributed by atoms with Crippen molar-refractivity contribution < 1.29 is 192 Å². The number of methoxy groups -OCH3 is 3. The van der Waals surface area contributed by atoms with E-state index in [1.165, 1.54) is 42.1 Å². The first-order valence-electron chi connectivity index (χ1n) is 31.9. The van der Waals surface area contributed by atoms with E-state index < -0.39 is 226 Å². The third-order valence-corrected chi connectivity index (χ3v) is 17.8. The highest BCUT2D eigenvalue weighted by molar-refractivity contribution is 7.80. The van der Waals surface area contributed by atoms with Gasteiger partial charge in [0.25, 0.3) is 0 Å². The van der Waals surface area contributed by atoms with Gasteiger partial charge < -0.3 is 182 Å². The van der Waals surface area contributed by atoms with Gasteiger partial charge in [-0.05, 0) is 20.8 Å². The van der Waals surface area contributed by atoms with Crippen LogP contribution in [0.4, 0.5) is 0 Å². The zero-order chi connectivity index (χ0) is 76.4. The van der Waals surface area contributed by atoms with Crippen LogP contribution in [0.15, 0.2) is 0 Å². The smallest absolute Gasteiger partial charge is 0.306 e. The van der Waals surface area contributed by atoms with Crippen molar-refractivity contribution in [2.24, 2.45) is 35.5 Å². The van der Waals surface area contributed by atoms with E-state index in [4.69, 9.17) is 66.7 Å². The number of aliphatic hydroxyl groups excluding tert-OH is 14. The van der Waals surface area contributed by atoms with Gasteiger partial charge >= 0.3 is 11.9 Å². The van der Waals surface area contributed by atoms with Gasteiger partial charge in [0.15, 0.2) is 18.9 Å². The number of carbonyl (C=O) groups is 8. The van der Waals surface area contributed by atoms with Crippen molar-refractivity contribution in [2.45, 2.75) is 200 Å². The van der Waals surface area contributed by atoms with Crippen molar-refractivity contribution in [1.82, 2.24) is 0 Å². The van der Waals surface area contributed by atoms with Crippen LogP contribution in [0.3, 0.4) is 0 Å².